The van der Waals surface area contributed by atoms with E-state index in [1.807, 2.05) is 37.3 Å². The maximum absolute atomic E-state index is 6.01. The third-order valence-electron chi connectivity index (χ3n) is 3.12. The molecule has 0 fully saturated rings. The number of nitrogens with two attached hydrogens (primary N) is 4. The molecular weight excluding hydrogens is 212 g/mol. The van der Waals surface area contributed by atoms with Crippen molar-refractivity contribution < 1.29 is 0 Å². The van der Waals surface area contributed by atoms with E-state index in [4.69, 9.17) is 22.9 Å². The van der Waals surface area contributed by atoms with Gasteiger partial charge in [-0.3, -0.25) is 0 Å². The lowest BCUT2D eigenvalue weighted by atomic mass is 9.85. The Labute approximate surface area is 101 Å². The zero-order chi connectivity index (χ0) is 12.6. The Bertz CT molecular complexity index is 500. The minimum atomic E-state index is -0.497. The molecule has 0 aliphatic heterocycles. The van der Waals surface area contributed by atoms with Crippen LogP contribution in [-0.4, -0.2) is 11.6 Å². The summed E-state index contributed by atoms with van der Waals surface area (Å²) in [6, 6.07) is 5.35. The highest BCUT2D eigenvalue weighted by atomic mass is 14.8. The smallest absolute Gasteiger partial charge is 0.0554 e. The molecule has 1 aliphatic rings. The number of hydrogen-bond acceptors (Lipinski definition) is 4. The molecule has 0 amide bonds. The molecule has 4 nitrogen and oxygen atoms in total. The van der Waals surface area contributed by atoms with Gasteiger partial charge in [-0.2, -0.15) is 0 Å². The van der Waals surface area contributed by atoms with E-state index in [-0.39, 0.29) is 6.04 Å². The summed E-state index contributed by atoms with van der Waals surface area (Å²) >= 11 is 0. The van der Waals surface area contributed by atoms with Gasteiger partial charge in [0.2, 0.25) is 0 Å². The van der Waals surface area contributed by atoms with E-state index in [9.17, 15) is 0 Å². The van der Waals surface area contributed by atoms with Gasteiger partial charge in [0, 0.05) is 6.04 Å². The predicted molar refractivity (Wildman–Crippen MR) is 73.0 cm³/mol. The number of allylic oxidation sites excluding steroid dienone is 2. The summed E-state index contributed by atoms with van der Waals surface area (Å²) in [7, 11) is 0. The molecule has 17 heavy (non-hydrogen) atoms. The summed E-state index contributed by atoms with van der Waals surface area (Å²) in [5.74, 6) is 0. The van der Waals surface area contributed by atoms with Crippen molar-refractivity contribution in [1.29, 1.82) is 0 Å². The predicted octanol–water partition coefficient (Wildman–Crippen LogP) is 0.849. The van der Waals surface area contributed by atoms with Gasteiger partial charge < -0.3 is 22.9 Å². The fourth-order valence-corrected chi connectivity index (χ4v) is 1.76. The average molecular weight is 230 g/mol. The van der Waals surface area contributed by atoms with Crippen LogP contribution < -0.4 is 22.9 Å². The SMILES string of the molecule is CC1(N)C=CC(c2ccc(N)c(N)c2)=CC1N. The maximum atomic E-state index is 6.01. The first-order valence-electron chi connectivity index (χ1n) is 5.51. The second-order valence-corrected chi connectivity index (χ2v) is 4.69. The molecule has 2 rings (SSSR count). The van der Waals surface area contributed by atoms with E-state index in [0.29, 0.717) is 11.4 Å². The summed E-state index contributed by atoms with van der Waals surface area (Å²) in [5, 5.41) is 0. The molecule has 90 valence electrons. The lowest BCUT2D eigenvalue weighted by molar-refractivity contribution is 0.516. The third-order valence-corrected chi connectivity index (χ3v) is 3.12. The van der Waals surface area contributed by atoms with Crippen molar-refractivity contribution in [2.24, 2.45) is 11.5 Å². The monoisotopic (exact) mass is 230 g/mol. The molecule has 0 heterocycles. The molecule has 1 aliphatic carbocycles. The molecule has 0 saturated heterocycles. The second kappa shape index (κ2) is 3.91. The van der Waals surface area contributed by atoms with Gasteiger partial charge >= 0.3 is 0 Å². The van der Waals surface area contributed by atoms with Crippen molar-refractivity contribution in [2.45, 2.75) is 18.5 Å². The van der Waals surface area contributed by atoms with Crippen LogP contribution in [0.1, 0.15) is 12.5 Å². The molecule has 2 atom stereocenters. The van der Waals surface area contributed by atoms with Gasteiger partial charge in [0.1, 0.15) is 0 Å². The van der Waals surface area contributed by atoms with E-state index >= 15 is 0 Å². The lowest BCUT2D eigenvalue weighted by Gasteiger charge is -2.30. The van der Waals surface area contributed by atoms with Crippen LogP contribution in [0.2, 0.25) is 0 Å². The zero-order valence-corrected chi connectivity index (χ0v) is 9.85. The normalized spacial score (nSPS) is 27.9. The third kappa shape index (κ3) is 2.18. The Morgan fingerprint density at radius 3 is 2.47 bits per heavy atom. The van der Waals surface area contributed by atoms with Gasteiger partial charge in [0.15, 0.2) is 0 Å². The van der Waals surface area contributed by atoms with Crippen LogP contribution in [0, 0.1) is 0 Å². The molecule has 0 saturated carbocycles. The van der Waals surface area contributed by atoms with Crippen molar-refractivity contribution in [1.82, 2.24) is 0 Å². The molecule has 4 heteroatoms. The van der Waals surface area contributed by atoms with Crippen molar-refractivity contribution in [3.05, 3.63) is 42.0 Å². The van der Waals surface area contributed by atoms with Crippen LogP contribution in [-0.2, 0) is 0 Å². The number of rotatable bonds is 1. The number of nitrogen functional groups attached to an aromatic ring is 2. The van der Waals surface area contributed by atoms with E-state index in [0.717, 1.165) is 11.1 Å². The molecule has 8 N–H and O–H groups in total. The van der Waals surface area contributed by atoms with Gasteiger partial charge in [-0.05, 0) is 30.2 Å². The van der Waals surface area contributed by atoms with Gasteiger partial charge in [-0.15, -0.1) is 0 Å². The molecule has 0 bridgehead atoms. The van der Waals surface area contributed by atoms with Crippen molar-refractivity contribution >= 4 is 16.9 Å². The summed E-state index contributed by atoms with van der Waals surface area (Å²) in [5.41, 5.74) is 26.2. The van der Waals surface area contributed by atoms with Gasteiger partial charge in [-0.25, -0.2) is 0 Å². The summed E-state index contributed by atoms with van der Waals surface area (Å²) < 4.78 is 0. The first-order chi connectivity index (χ1) is 7.90. The van der Waals surface area contributed by atoms with Crippen molar-refractivity contribution in [3.8, 4) is 0 Å². The van der Waals surface area contributed by atoms with Gasteiger partial charge in [-0.1, -0.05) is 24.3 Å². The Kier molecular flexibility index (Phi) is 2.69. The Hall–Kier alpha value is -1.78. The van der Waals surface area contributed by atoms with Crippen LogP contribution >= 0.6 is 0 Å². The lowest BCUT2D eigenvalue weighted by Crippen LogP contribution is -2.51. The highest BCUT2D eigenvalue weighted by Gasteiger charge is 2.25. The number of hydrogen-bond donors (Lipinski definition) is 4. The molecule has 1 aromatic rings. The fraction of sp³-hybridized carbons (Fsp3) is 0.231. The fourth-order valence-electron chi connectivity index (χ4n) is 1.76. The molecular formula is C13H18N4. The molecule has 1 aromatic carbocycles. The van der Waals surface area contributed by atoms with Crippen LogP contribution in [0.4, 0.5) is 11.4 Å². The Morgan fingerprint density at radius 2 is 1.88 bits per heavy atom. The van der Waals surface area contributed by atoms with E-state index in [2.05, 4.69) is 0 Å². The van der Waals surface area contributed by atoms with Crippen LogP contribution in [0.5, 0.6) is 0 Å². The summed E-state index contributed by atoms with van der Waals surface area (Å²) in [6.07, 6.45) is 5.83. The first kappa shape index (κ1) is 11.7. The van der Waals surface area contributed by atoms with Crippen molar-refractivity contribution in [3.63, 3.8) is 0 Å². The van der Waals surface area contributed by atoms with Crippen LogP contribution in [0.3, 0.4) is 0 Å². The summed E-state index contributed by atoms with van der Waals surface area (Å²) in [6.45, 7) is 1.90. The van der Waals surface area contributed by atoms with E-state index in [1.165, 1.54) is 0 Å². The maximum Gasteiger partial charge on any atom is 0.0554 e. The second-order valence-electron chi connectivity index (χ2n) is 4.69. The molecule has 0 spiro atoms. The first-order valence-corrected chi connectivity index (χ1v) is 5.51. The molecule has 0 aromatic heterocycles. The van der Waals surface area contributed by atoms with Gasteiger partial charge in [0.05, 0.1) is 16.9 Å². The zero-order valence-electron chi connectivity index (χ0n) is 9.85. The summed E-state index contributed by atoms with van der Waals surface area (Å²) in [4.78, 5) is 0. The van der Waals surface area contributed by atoms with Crippen LogP contribution in [0.15, 0.2) is 36.4 Å². The quantitative estimate of drug-likeness (QED) is 0.537. The molecule has 0 radical (unpaired) electrons. The number of benzene rings is 1. The Morgan fingerprint density at radius 1 is 1.18 bits per heavy atom. The highest BCUT2D eigenvalue weighted by molar-refractivity contribution is 5.80. The molecule has 2 unspecified atom stereocenters. The highest BCUT2D eigenvalue weighted by Crippen LogP contribution is 2.27. The van der Waals surface area contributed by atoms with Gasteiger partial charge in [0.25, 0.3) is 0 Å². The van der Waals surface area contributed by atoms with E-state index < -0.39 is 5.54 Å². The van der Waals surface area contributed by atoms with E-state index in [1.54, 1.807) is 6.07 Å². The van der Waals surface area contributed by atoms with Crippen molar-refractivity contribution in [2.75, 3.05) is 11.5 Å². The average Bonchev–Trinajstić information content (AvgIpc) is 2.26. The van der Waals surface area contributed by atoms with Crippen LogP contribution in [0.25, 0.3) is 5.57 Å². The topological polar surface area (TPSA) is 104 Å². The largest absolute Gasteiger partial charge is 0.397 e. The standard InChI is InChI=1S/C13H18N4/c1-13(17)5-4-9(7-12(13)16)8-2-3-10(14)11(15)6-8/h2-7,12H,14-17H2,1H3. The Balaban J connectivity index is 2.37. The minimum absolute atomic E-state index is 0.207. The minimum Gasteiger partial charge on any atom is -0.397 e. The number of anilines is 2.